The standard InChI is InChI=1S/C21H15FN4O3S/c1-25-17(11-16(24-25)13-7-3-2-4-8-13)20-18(26(28)29)12-19(30-20)21(27)23-15-10-6-5-9-14(15)22/h2-12H,1H3,(H,23,27). The van der Waals surface area contributed by atoms with Gasteiger partial charge in [0.05, 0.1) is 26.9 Å². The first kappa shape index (κ1) is 19.5. The maximum atomic E-state index is 13.8. The van der Waals surface area contributed by atoms with Crippen molar-refractivity contribution in [1.29, 1.82) is 0 Å². The molecular weight excluding hydrogens is 407 g/mol. The van der Waals surface area contributed by atoms with Crippen molar-refractivity contribution in [3.63, 3.8) is 0 Å². The van der Waals surface area contributed by atoms with E-state index in [1.165, 1.54) is 24.3 Å². The van der Waals surface area contributed by atoms with E-state index in [4.69, 9.17) is 0 Å². The van der Waals surface area contributed by atoms with Gasteiger partial charge in [-0.25, -0.2) is 4.39 Å². The molecule has 0 fully saturated rings. The van der Waals surface area contributed by atoms with Crippen LogP contribution in [0, 0.1) is 15.9 Å². The van der Waals surface area contributed by atoms with Crippen molar-refractivity contribution in [2.45, 2.75) is 0 Å². The number of carbonyl (C=O) groups is 1. The van der Waals surface area contributed by atoms with Crippen LogP contribution in [0.5, 0.6) is 0 Å². The van der Waals surface area contributed by atoms with Gasteiger partial charge in [-0.15, -0.1) is 11.3 Å². The Bertz CT molecular complexity index is 1250. The minimum atomic E-state index is -0.620. The van der Waals surface area contributed by atoms with E-state index in [-0.39, 0.29) is 16.3 Å². The third-order valence-corrected chi connectivity index (χ3v) is 5.58. The first-order valence-corrected chi connectivity index (χ1v) is 9.69. The van der Waals surface area contributed by atoms with E-state index in [1.54, 1.807) is 23.9 Å². The fourth-order valence-corrected chi connectivity index (χ4v) is 4.06. The highest BCUT2D eigenvalue weighted by Gasteiger charge is 2.26. The van der Waals surface area contributed by atoms with Crippen molar-refractivity contribution >= 4 is 28.6 Å². The highest BCUT2D eigenvalue weighted by molar-refractivity contribution is 7.18. The number of hydrogen-bond donors (Lipinski definition) is 1. The zero-order valence-electron chi connectivity index (χ0n) is 15.7. The molecular formula is C21H15FN4O3S. The van der Waals surface area contributed by atoms with Crippen LogP contribution in [-0.4, -0.2) is 20.6 Å². The number of rotatable bonds is 5. The molecule has 30 heavy (non-hydrogen) atoms. The van der Waals surface area contributed by atoms with Crippen LogP contribution >= 0.6 is 11.3 Å². The quantitative estimate of drug-likeness (QED) is 0.357. The summed E-state index contributed by atoms with van der Waals surface area (Å²) < 4.78 is 15.4. The van der Waals surface area contributed by atoms with Crippen LogP contribution in [0.4, 0.5) is 15.8 Å². The van der Waals surface area contributed by atoms with Gasteiger partial charge in [0.2, 0.25) is 0 Å². The molecule has 9 heteroatoms. The van der Waals surface area contributed by atoms with E-state index in [0.29, 0.717) is 16.3 Å². The summed E-state index contributed by atoms with van der Waals surface area (Å²) in [7, 11) is 1.68. The molecule has 0 radical (unpaired) electrons. The molecule has 4 rings (SSSR count). The lowest BCUT2D eigenvalue weighted by Gasteiger charge is -2.03. The van der Waals surface area contributed by atoms with Gasteiger partial charge in [-0.05, 0) is 18.2 Å². The molecule has 7 nitrogen and oxygen atoms in total. The van der Waals surface area contributed by atoms with Gasteiger partial charge in [-0.2, -0.15) is 5.10 Å². The topological polar surface area (TPSA) is 90.1 Å². The summed E-state index contributed by atoms with van der Waals surface area (Å²) in [6, 6.07) is 18.1. The molecule has 0 aliphatic heterocycles. The largest absolute Gasteiger partial charge is 0.319 e. The second-order valence-electron chi connectivity index (χ2n) is 6.42. The Morgan fingerprint density at radius 1 is 1.13 bits per heavy atom. The van der Waals surface area contributed by atoms with Crippen molar-refractivity contribution in [1.82, 2.24) is 9.78 Å². The van der Waals surface area contributed by atoms with Gasteiger partial charge in [-0.1, -0.05) is 42.5 Å². The van der Waals surface area contributed by atoms with Gasteiger partial charge in [0.1, 0.15) is 10.7 Å². The van der Waals surface area contributed by atoms with Crippen molar-refractivity contribution in [3.05, 3.63) is 87.5 Å². The molecule has 1 N–H and O–H groups in total. The lowest BCUT2D eigenvalue weighted by Crippen LogP contribution is -2.11. The van der Waals surface area contributed by atoms with E-state index in [2.05, 4.69) is 10.4 Å². The lowest BCUT2D eigenvalue weighted by atomic mass is 10.1. The predicted molar refractivity (Wildman–Crippen MR) is 113 cm³/mol. The molecule has 150 valence electrons. The van der Waals surface area contributed by atoms with Gasteiger partial charge in [-0.3, -0.25) is 19.6 Å². The summed E-state index contributed by atoms with van der Waals surface area (Å²) >= 11 is 0.960. The number of thiophene rings is 1. The second-order valence-corrected chi connectivity index (χ2v) is 7.47. The van der Waals surface area contributed by atoms with E-state index < -0.39 is 16.6 Å². The Morgan fingerprint density at radius 2 is 1.83 bits per heavy atom. The molecule has 0 saturated carbocycles. The number of nitrogens with one attached hydrogen (secondary N) is 1. The normalized spacial score (nSPS) is 10.7. The molecule has 0 aliphatic carbocycles. The number of anilines is 1. The average Bonchev–Trinajstić information content (AvgIpc) is 3.34. The van der Waals surface area contributed by atoms with Crippen molar-refractivity contribution in [2.75, 3.05) is 5.32 Å². The summed E-state index contributed by atoms with van der Waals surface area (Å²) in [5.74, 6) is -1.21. The molecule has 0 aliphatic rings. The van der Waals surface area contributed by atoms with Gasteiger partial charge >= 0.3 is 0 Å². The SMILES string of the molecule is Cn1nc(-c2ccccc2)cc1-c1sc(C(=O)Nc2ccccc2F)cc1[N+](=O)[O-]. The van der Waals surface area contributed by atoms with E-state index in [9.17, 15) is 19.3 Å². The van der Waals surface area contributed by atoms with Gasteiger partial charge in [0.25, 0.3) is 11.6 Å². The summed E-state index contributed by atoms with van der Waals surface area (Å²) in [5, 5.41) is 18.5. The minimum Gasteiger partial charge on any atom is -0.319 e. The Morgan fingerprint density at radius 3 is 2.53 bits per heavy atom. The number of nitrogens with zero attached hydrogens (tertiary/aromatic N) is 3. The van der Waals surface area contributed by atoms with Crippen LogP contribution < -0.4 is 5.32 Å². The van der Waals surface area contributed by atoms with Crippen LogP contribution in [0.15, 0.2) is 66.7 Å². The third kappa shape index (κ3) is 3.70. The van der Waals surface area contributed by atoms with Gasteiger partial charge < -0.3 is 5.32 Å². The molecule has 0 unspecified atom stereocenters. The molecule has 4 aromatic rings. The van der Waals surface area contributed by atoms with Crippen molar-refractivity contribution in [3.8, 4) is 21.8 Å². The zero-order valence-corrected chi connectivity index (χ0v) is 16.5. The van der Waals surface area contributed by atoms with E-state index >= 15 is 0 Å². The van der Waals surface area contributed by atoms with Crippen LogP contribution in [0.3, 0.4) is 0 Å². The molecule has 2 heterocycles. The average molecular weight is 422 g/mol. The highest BCUT2D eigenvalue weighted by Crippen LogP contribution is 2.39. The maximum absolute atomic E-state index is 13.8. The smallest absolute Gasteiger partial charge is 0.290 e. The lowest BCUT2D eigenvalue weighted by molar-refractivity contribution is -0.383. The number of aromatic nitrogens is 2. The number of nitro groups is 1. The maximum Gasteiger partial charge on any atom is 0.290 e. The monoisotopic (exact) mass is 422 g/mol. The molecule has 0 atom stereocenters. The summed E-state index contributed by atoms with van der Waals surface area (Å²) in [4.78, 5) is 24.1. The second kappa shape index (κ2) is 7.88. The number of carbonyl (C=O) groups excluding carboxylic acids is 1. The number of benzene rings is 2. The third-order valence-electron chi connectivity index (χ3n) is 4.44. The zero-order chi connectivity index (χ0) is 21.3. The van der Waals surface area contributed by atoms with Crippen LogP contribution in [-0.2, 0) is 7.05 Å². The number of amides is 1. The Hall–Kier alpha value is -3.85. The number of aryl methyl sites for hydroxylation is 1. The van der Waals surface area contributed by atoms with E-state index in [0.717, 1.165) is 16.9 Å². The van der Waals surface area contributed by atoms with Crippen LogP contribution in [0.1, 0.15) is 9.67 Å². The molecule has 2 aromatic heterocycles. The fraction of sp³-hybridized carbons (Fsp3) is 0.0476. The van der Waals surface area contributed by atoms with Crippen molar-refractivity contribution < 1.29 is 14.1 Å². The van der Waals surface area contributed by atoms with Gasteiger partial charge in [0, 0.05) is 18.7 Å². The Labute approximate surface area is 174 Å². The molecule has 0 spiro atoms. The highest BCUT2D eigenvalue weighted by atomic mass is 32.1. The molecule has 0 saturated heterocycles. The number of hydrogen-bond acceptors (Lipinski definition) is 5. The van der Waals surface area contributed by atoms with Crippen LogP contribution in [0.25, 0.3) is 21.8 Å². The van der Waals surface area contributed by atoms with E-state index in [1.807, 2.05) is 30.3 Å². The summed E-state index contributed by atoms with van der Waals surface area (Å²) in [5.41, 5.74) is 1.84. The van der Waals surface area contributed by atoms with Crippen molar-refractivity contribution in [2.24, 2.45) is 7.05 Å². The first-order chi connectivity index (χ1) is 14.4. The minimum absolute atomic E-state index is 0.00648. The predicted octanol–water partition coefficient (Wildman–Crippen LogP) is 5.12. The molecule has 0 bridgehead atoms. The fourth-order valence-electron chi connectivity index (χ4n) is 2.99. The van der Waals surface area contributed by atoms with Gasteiger partial charge in [0.15, 0.2) is 0 Å². The number of para-hydroxylation sites is 1. The molecule has 1 amide bonds. The Balaban J connectivity index is 1.72. The summed E-state index contributed by atoms with van der Waals surface area (Å²) in [6.07, 6.45) is 0. The molecule has 2 aromatic carbocycles. The summed E-state index contributed by atoms with van der Waals surface area (Å²) in [6.45, 7) is 0. The first-order valence-electron chi connectivity index (χ1n) is 8.88. The van der Waals surface area contributed by atoms with Crippen LogP contribution in [0.2, 0.25) is 0 Å². The number of halogens is 1. The Kier molecular flexibility index (Phi) is 5.11.